The number of carbonyl (C=O) groups is 1. The second-order valence-electron chi connectivity index (χ2n) is 3.47. The highest BCUT2D eigenvalue weighted by Crippen LogP contribution is 2.21. The van der Waals surface area contributed by atoms with Crippen molar-refractivity contribution >= 4 is 5.78 Å². The van der Waals surface area contributed by atoms with Gasteiger partial charge >= 0.3 is 0 Å². The maximum absolute atomic E-state index is 11.1. The van der Waals surface area contributed by atoms with Gasteiger partial charge in [-0.2, -0.15) is 0 Å². The second kappa shape index (κ2) is 4.03. The molecule has 0 N–H and O–H groups in total. The SMILES string of the molecule is O=C1C=C(C2COCCO2)CCC1. The van der Waals surface area contributed by atoms with Crippen LogP contribution in [0.4, 0.5) is 0 Å². The Morgan fingerprint density at radius 2 is 2.23 bits per heavy atom. The summed E-state index contributed by atoms with van der Waals surface area (Å²) in [5, 5.41) is 0. The lowest BCUT2D eigenvalue weighted by Gasteiger charge is -2.26. The van der Waals surface area contributed by atoms with E-state index in [0.29, 0.717) is 26.2 Å². The molecule has 2 aliphatic rings. The minimum Gasteiger partial charge on any atom is -0.376 e. The number of allylic oxidation sites excluding steroid dienone is 1. The van der Waals surface area contributed by atoms with E-state index >= 15 is 0 Å². The van der Waals surface area contributed by atoms with Crippen molar-refractivity contribution in [2.24, 2.45) is 0 Å². The maximum Gasteiger partial charge on any atom is 0.155 e. The lowest BCUT2D eigenvalue weighted by Crippen LogP contribution is -2.31. The van der Waals surface area contributed by atoms with Gasteiger partial charge in [0.1, 0.15) is 6.10 Å². The summed E-state index contributed by atoms with van der Waals surface area (Å²) in [5.41, 5.74) is 1.12. The van der Waals surface area contributed by atoms with Crippen LogP contribution < -0.4 is 0 Å². The van der Waals surface area contributed by atoms with Crippen molar-refractivity contribution in [1.29, 1.82) is 0 Å². The summed E-state index contributed by atoms with van der Waals surface area (Å²) in [6, 6.07) is 0. The van der Waals surface area contributed by atoms with Gasteiger partial charge in [-0.3, -0.25) is 4.79 Å². The third-order valence-electron chi connectivity index (χ3n) is 2.46. The first-order valence-corrected chi connectivity index (χ1v) is 4.79. The van der Waals surface area contributed by atoms with Gasteiger partial charge in [-0.05, 0) is 24.5 Å². The Morgan fingerprint density at radius 3 is 2.92 bits per heavy atom. The van der Waals surface area contributed by atoms with Crippen LogP contribution in [0.3, 0.4) is 0 Å². The monoisotopic (exact) mass is 182 g/mol. The zero-order valence-electron chi connectivity index (χ0n) is 7.62. The molecule has 3 nitrogen and oxygen atoms in total. The minimum atomic E-state index is 0.0398. The van der Waals surface area contributed by atoms with E-state index < -0.39 is 0 Å². The fourth-order valence-corrected chi connectivity index (χ4v) is 1.77. The summed E-state index contributed by atoms with van der Waals surface area (Å²) < 4.78 is 10.8. The highest BCUT2D eigenvalue weighted by Gasteiger charge is 2.21. The highest BCUT2D eigenvalue weighted by atomic mass is 16.6. The first-order valence-electron chi connectivity index (χ1n) is 4.79. The lowest BCUT2D eigenvalue weighted by atomic mass is 9.94. The number of hydrogen-bond donors (Lipinski definition) is 0. The van der Waals surface area contributed by atoms with Crippen molar-refractivity contribution in [2.75, 3.05) is 19.8 Å². The van der Waals surface area contributed by atoms with Crippen LogP contribution in [0.5, 0.6) is 0 Å². The van der Waals surface area contributed by atoms with Crippen molar-refractivity contribution < 1.29 is 14.3 Å². The average Bonchev–Trinajstić information content (AvgIpc) is 2.19. The van der Waals surface area contributed by atoms with Gasteiger partial charge in [0.05, 0.1) is 19.8 Å². The Balaban J connectivity index is 2.01. The van der Waals surface area contributed by atoms with Crippen LogP contribution in [0.25, 0.3) is 0 Å². The molecule has 1 fully saturated rings. The maximum atomic E-state index is 11.1. The van der Waals surface area contributed by atoms with Gasteiger partial charge in [0.2, 0.25) is 0 Å². The molecule has 1 aliphatic carbocycles. The minimum absolute atomic E-state index is 0.0398. The van der Waals surface area contributed by atoms with E-state index in [9.17, 15) is 4.79 Å². The summed E-state index contributed by atoms with van der Waals surface area (Å²) in [7, 11) is 0. The molecule has 2 rings (SSSR count). The molecule has 0 radical (unpaired) electrons. The van der Waals surface area contributed by atoms with Gasteiger partial charge in [0.15, 0.2) is 5.78 Å². The largest absolute Gasteiger partial charge is 0.376 e. The quantitative estimate of drug-likeness (QED) is 0.608. The summed E-state index contributed by atoms with van der Waals surface area (Å²) in [6.07, 6.45) is 4.42. The molecular formula is C10H14O3. The summed E-state index contributed by atoms with van der Waals surface area (Å²) in [5.74, 6) is 0.232. The number of rotatable bonds is 1. The molecule has 1 unspecified atom stereocenters. The number of carbonyl (C=O) groups excluding carboxylic acids is 1. The van der Waals surface area contributed by atoms with Crippen LogP contribution in [0.2, 0.25) is 0 Å². The summed E-state index contributed by atoms with van der Waals surface area (Å²) in [6.45, 7) is 1.94. The molecule has 72 valence electrons. The van der Waals surface area contributed by atoms with Gasteiger partial charge in [-0.25, -0.2) is 0 Å². The van der Waals surface area contributed by atoms with Gasteiger partial charge in [0, 0.05) is 6.42 Å². The molecule has 0 aromatic carbocycles. The van der Waals surface area contributed by atoms with E-state index in [1.807, 2.05) is 0 Å². The molecule has 0 spiro atoms. The van der Waals surface area contributed by atoms with Gasteiger partial charge < -0.3 is 9.47 Å². The Kier molecular flexibility index (Phi) is 2.76. The van der Waals surface area contributed by atoms with E-state index in [0.717, 1.165) is 18.4 Å². The summed E-state index contributed by atoms with van der Waals surface area (Å²) in [4.78, 5) is 11.1. The zero-order chi connectivity index (χ0) is 9.10. The molecule has 3 heteroatoms. The fraction of sp³-hybridized carbons (Fsp3) is 0.700. The zero-order valence-corrected chi connectivity index (χ0v) is 7.62. The van der Waals surface area contributed by atoms with E-state index in [4.69, 9.17) is 9.47 Å². The van der Waals surface area contributed by atoms with Crippen LogP contribution in [0.1, 0.15) is 19.3 Å². The van der Waals surface area contributed by atoms with E-state index in [1.54, 1.807) is 6.08 Å². The first-order chi connectivity index (χ1) is 6.36. The smallest absolute Gasteiger partial charge is 0.155 e. The van der Waals surface area contributed by atoms with E-state index in [2.05, 4.69) is 0 Å². The molecule has 0 amide bonds. The van der Waals surface area contributed by atoms with Crippen molar-refractivity contribution in [2.45, 2.75) is 25.4 Å². The van der Waals surface area contributed by atoms with Crippen LogP contribution in [-0.4, -0.2) is 31.7 Å². The van der Waals surface area contributed by atoms with Crippen LogP contribution in [0, 0.1) is 0 Å². The normalized spacial score (nSPS) is 30.0. The average molecular weight is 182 g/mol. The lowest BCUT2D eigenvalue weighted by molar-refractivity contribution is -0.115. The Hall–Kier alpha value is -0.670. The number of ketones is 1. The predicted molar refractivity (Wildman–Crippen MR) is 47.5 cm³/mol. The van der Waals surface area contributed by atoms with Crippen molar-refractivity contribution in [1.82, 2.24) is 0 Å². The fourth-order valence-electron chi connectivity index (χ4n) is 1.77. The van der Waals surface area contributed by atoms with Gasteiger partial charge in [-0.1, -0.05) is 0 Å². The molecule has 1 aliphatic heterocycles. The standard InChI is InChI=1S/C10H14O3/c11-9-3-1-2-8(6-9)10-7-12-4-5-13-10/h6,10H,1-5,7H2. The first kappa shape index (κ1) is 8.91. The highest BCUT2D eigenvalue weighted by molar-refractivity contribution is 5.91. The molecule has 0 saturated carbocycles. The second-order valence-corrected chi connectivity index (χ2v) is 3.47. The molecule has 13 heavy (non-hydrogen) atoms. The van der Waals surface area contributed by atoms with Gasteiger partial charge in [-0.15, -0.1) is 0 Å². The van der Waals surface area contributed by atoms with Crippen molar-refractivity contribution in [3.63, 3.8) is 0 Å². The van der Waals surface area contributed by atoms with Crippen LogP contribution >= 0.6 is 0 Å². The predicted octanol–water partition coefficient (Wildman–Crippen LogP) is 1.08. The summed E-state index contributed by atoms with van der Waals surface area (Å²) >= 11 is 0. The Morgan fingerprint density at radius 1 is 1.31 bits per heavy atom. The molecule has 1 saturated heterocycles. The van der Waals surface area contributed by atoms with Crippen molar-refractivity contribution in [3.05, 3.63) is 11.6 Å². The molecule has 1 atom stereocenters. The van der Waals surface area contributed by atoms with E-state index in [1.165, 1.54) is 0 Å². The third-order valence-corrected chi connectivity index (χ3v) is 2.46. The van der Waals surface area contributed by atoms with Crippen LogP contribution in [-0.2, 0) is 14.3 Å². The topological polar surface area (TPSA) is 35.5 Å². The van der Waals surface area contributed by atoms with Crippen molar-refractivity contribution in [3.8, 4) is 0 Å². The Bertz CT molecular complexity index is 226. The van der Waals surface area contributed by atoms with E-state index in [-0.39, 0.29) is 11.9 Å². The number of hydrogen-bond acceptors (Lipinski definition) is 3. The molecular weight excluding hydrogens is 168 g/mol. The Labute approximate surface area is 77.7 Å². The van der Waals surface area contributed by atoms with Crippen LogP contribution in [0.15, 0.2) is 11.6 Å². The van der Waals surface area contributed by atoms with Gasteiger partial charge in [0.25, 0.3) is 0 Å². The third kappa shape index (κ3) is 2.17. The molecule has 0 aromatic rings. The molecule has 0 bridgehead atoms. The molecule has 0 aromatic heterocycles. The molecule has 1 heterocycles. The number of ether oxygens (including phenoxy) is 2.